The van der Waals surface area contributed by atoms with E-state index in [4.69, 9.17) is 4.99 Å². The highest BCUT2D eigenvalue weighted by atomic mass is 79.9. The second-order valence-electron chi connectivity index (χ2n) is 9.45. The second-order valence-corrected chi connectivity index (χ2v) is 11.2. The molecular formula is C30H23BrF2N2S. The van der Waals surface area contributed by atoms with E-state index in [0.29, 0.717) is 5.92 Å². The smallest absolute Gasteiger partial charge is 0.174 e. The van der Waals surface area contributed by atoms with Crippen LogP contribution in [0.4, 0.5) is 8.78 Å². The molecule has 6 rings (SSSR count). The standard InChI is InChI=1S/C30H23BrF2N2S/c1-18-14-22(16-19-2-10-24(32)11-3-19)28-26(15-18)29(21-6-12-25(33)13-7-21)35-27(17-36-30(35)34-28)20-4-8-23(31)9-5-20/h2-13,16-18,29H,14-15H2,1H3. The molecule has 0 amide bonds. The summed E-state index contributed by atoms with van der Waals surface area (Å²) in [5, 5.41) is 3.07. The monoisotopic (exact) mass is 560 g/mol. The van der Waals surface area contributed by atoms with Crippen LogP contribution in [0.1, 0.15) is 42.5 Å². The van der Waals surface area contributed by atoms with Gasteiger partial charge >= 0.3 is 0 Å². The lowest BCUT2D eigenvalue weighted by atomic mass is 9.78. The zero-order chi connectivity index (χ0) is 24.8. The van der Waals surface area contributed by atoms with Crippen LogP contribution in [-0.4, -0.2) is 10.1 Å². The molecule has 2 aliphatic heterocycles. The van der Waals surface area contributed by atoms with Crippen LogP contribution in [0.25, 0.3) is 11.8 Å². The van der Waals surface area contributed by atoms with Crippen LogP contribution in [0.15, 0.2) is 105 Å². The Balaban J connectivity index is 1.50. The number of benzene rings is 3. The van der Waals surface area contributed by atoms with Crippen LogP contribution in [0, 0.1) is 17.6 Å². The van der Waals surface area contributed by atoms with Crippen molar-refractivity contribution in [2.75, 3.05) is 0 Å². The van der Waals surface area contributed by atoms with Crippen molar-refractivity contribution in [3.63, 3.8) is 0 Å². The van der Waals surface area contributed by atoms with E-state index in [9.17, 15) is 8.78 Å². The largest absolute Gasteiger partial charge is 0.308 e. The Morgan fingerprint density at radius 2 is 1.58 bits per heavy atom. The van der Waals surface area contributed by atoms with Gasteiger partial charge in [0.1, 0.15) is 11.6 Å². The number of amidine groups is 1. The van der Waals surface area contributed by atoms with Crippen molar-refractivity contribution in [3.05, 3.63) is 128 Å². The number of rotatable bonds is 3. The van der Waals surface area contributed by atoms with Crippen LogP contribution in [0.3, 0.4) is 0 Å². The fraction of sp³-hybridized carbons (Fsp3) is 0.167. The molecule has 2 heterocycles. The van der Waals surface area contributed by atoms with Crippen molar-refractivity contribution >= 4 is 44.6 Å². The van der Waals surface area contributed by atoms with Crippen molar-refractivity contribution in [3.8, 4) is 0 Å². The minimum Gasteiger partial charge on any atom is -0.308 e. The first-order valence-corrected chi connectivity index (χ1v) is 13.6. The summed E-state index contributed by atoms with van der Waals surface area (Å²) in [6.45, 7) is 2.26. The Hall–Kier alpha value is -2.96. The van der Waals surface area contributed by atoms with Crippen LogP contribution < -0.4 is 0 Å². The van der Waals surface area contributed by atoms with Gasteiger partial charge in [0.05, 0.1) is 17.4 Å². The molecule has 0 N–H and O–H groups in total. The maximum atomic E-state index is 13.9. The first-order valence-electron chi connectivity index (χ1n) is 11.9. The van der Waals surface area contributed by atoms with Gasteiger partial charge in [0, 0.05) is 9.88 Å². The molecule has 180 valence electrons. The van der Waals surface area contributed by atoms with E-state index < -0.39 is 0 Å². The number of halogens is 3. The number of aliphatic imine (C=N–C) groups is 1. The number of nitrogens with zero attached hydrogens (tertiary/aromatic N) is 2. The zero-order valence-electron chi connectivity index (χ0n) is 19.6. The minimum absolute atomic E-state index is 0.0858. The average Bonchev–Trinajstić information content (AvgIpc) is 3.29. The Labute approximate surface area is 222 Å². The fourth-order valence-electron chi connectivity index (χ4n) is 5.22. The van der Waals surface area contributed by atoms with Gasteiger partial charge < -0.3 is 4.90 Å². The van der Waals surface area contributed by atoms with E-state index in [1.54, 1.807) is 23.9 Å². The van der Waals surface area contributed by atoms with Crippen LogP contribution in [0.5, 0.6) is 0 Å². The molecule has 0 saturated heterocycles. The number of hydrogen-bond donors (Lipinski definition) is 0. The maximum Gasteiger partial charge on any atom is 0.174 e. The van der Waals surface area contributed by atoms with Crippen molar-refractivity contribution in [2.45, 2.75) is 25.8 Å². The van der Waals surface area contributed by atoms with Crippen LogP contribution in [0.2, 0.25) is 0 Å². The highest BCUT2D eigenvalue weighted by Gasteiger charge is 2.41. The molecule has 0 saturated carbocycles. The number of allylic oxidation sites excluding steroid dienone is 1. The molecule has 3 aromatic carbocycles. The van der Waals surface area contributed by atoms with E-state index in [-0.39, 0.29) is 17.7 Å². The molecule has 0 bridgehead atoms. The highest BCUT2D eigenvalue weighted by molar-refractivity contribution is 9.10. The fourth-order valence-corrected chi connectivity index (χ4v) is 6.42. The lowest BCUT2D eigenvalue weighted by molar-refractivity contribution is 0.425. The van der Waals surface area contributed by atoms with Crippen molar-refractivity contribution in [1.82, 2.24) is 4.90 Å². The van der Waals surface area contributed by atoms with Gasteiger partial charge in [0.2, 0.25) is 0 Å². The van der Waals surface area contributed by atoms with Gasteiger partial charge in [-0.15, -0.1) is 0 Å². The topological polar surface area (TPSA) is 15.6 Å². The molecule has 0 spiro atoms. The van der Waals surface area contributed by atoms with Crippen molar-refractivity contribution in [1.29, 1.82) is 0 Å². The zero-order valence-corrected chi connectivity index (χ0v) is 22.0. The molecule has 0 radical (unpaired) electrons. The maximum absolute atomic E-state index is 13.9. The van der Waals surface area contributed by atoms with Crippen molar-refractivity contribution in [2.24, 2.45) is 10.9 Å². The predicted octanol–water partition coefficient (Wildman–Crippen LogP) is 8.95. The second kappa shape index (κ2) is 9.49. The molecule has 2 atom stereocenters. The summed E-state index contributed by atoms with van der Waals surface area (Å²) in [5.74, 6) is -0.0653. The van der Waals surface area contributed by atoms with E-state index in [1.165, 1.54) is 29.8 Å². The summed E-state index contributed by atoms with van der Waals surface area (Å²) in [4.78, 5) is 7.49. The van der Waals surface area contributed by atoms with Gasteiger partial charge in [0.15, 0.2) is 5.17 Å². The molecule has 1 aliphatic carbocycles. The molecule has 6 heteroatoms. The SMILES string of the molecule is CC1CC(=Cc2ccc(F)cc2)C2=C(C1)C(c1ccc(F)cc1)N1C(c3ccc(Br)cc3)=CSC1=N2. The van der Waals surface area contributed by atoms with Gasteiger partial charge in [-0.25, -0.2) is 13.8 Å². The molecule has 3 aliphatic rings. The Morgan fingerprint density at radius 1 is 0.917 bits per heavy atom. The third-order valence-corrected chi connectivity index (χ3v) is 8.19. The normalized spacial score (nSPS) is 22.3. The lowest BCUT2D eigenvalue weighted by Crippen LogP contribution is -2.35. The molecule has 36 heavy (non-hydrogen) atoms. The quantitative estimate of drug-likeness (QED) is 0.317. The van der Waals surface area contributed by atoms with Gasteiger partial charge in [0.25, 0.3) is 0 Å². The predicted molar refractivity (Wildman–Crippen MR) is 148 cm³/mol. The highest BCUT2D eigenvalue weighted by Crippen LogP contribution is 2.52. The summed E-state index contributed by atoms with van der Waals surface area (Å²) in [6, 6.07) is 21.7. The first kappa shape index (κ1) is 23.4. The number of hydrogen-bond acceptors (Lipinski definition) is 3. The summed E-state index contributed by atoms with van der Waals surface area (Å²) in [6.07, 6.45) is 3.94. The third-order valence-electron chi connectivity index (χ3n) is 6.82. The minimum atomic E-state index is -0.244. The van der Waals surface area contributed by atoms with Gasteiger partial charge in [-0.3, -0.25) is 0 Å². The van der Waals surface area contributed by atoms with Crippen LogP contribution in [-0.2, 0) is 0 Å². The third kappa shape index (κ3) is 4.37. The van der Waals surface area contributed by atoms with E-state index in [0.717, 1.165) is 56.1 Å². The number of thioether (sulfide) groups is 1. The summed E-state index contributed by atoms with van der Waals surface area (Å²) in [7, 11) is 0. The summed E-state index contributed by atoms with van der Waals surface area (Å²) < 4.78 is 28.5. The summed E-state index contributed by atoms with van der Waals surface area (Å²) in [5.41, 5.74) is 7.61. The van der Waals surface area contributed by atoms with Gasteiger partial charge in [-0.1, -0.05) is 71.0 Å². The van der Waals surface area contributed by atoms with Crippen LogP contribution >= 0.6 is 27.7 Å². The van der Waals surface area contributed by atoms with E-state index in [1.807, 2.05) is 24.3 Å². The van der Waals surface area contributed by atoms with E-state index >= 15 is 0 Å². The Morgan fingerprint density at radius 3 is 2.28 bits per heavy atom. The Bertz CT molecular complexity index is 1440. The molecule has 2 unspecified atom stereocenters. The molecule has 3 aromatic rings. The summed E-state index contributed by atoms with van der Waals surface area (Å²) >= 11 is 5.16. The molecule has 0 aromatic heterocycles. The lowest BCUT2D eigenvalue weighted by Gasteiger charge is -2.41. The van der Waals surface area contributed by atoms with E-state index in [2.05, 4.69) is 51.4 Å². The molecule has 2 nitrogen and oxygen atoms in total. The first-order chi connectivity index (χ1) is 17.5. The Kier molecular flexibility index (Phi) is 6.18. The van der Waals surface area contributed by atoms with Gasteiger partial charge in [-0.2, -0.15) is 0 Å². The molecular weight excluding hydrogens is 538 g/mol. The average molecular weight is 561 g/mol. The van der Waals surface area contributed by atoms with Gasteiger partial charge in [-0.05, 0) is 89.1 Å². The van der Waals surface area contributed by atoms with Crippen molar-refractivity contribution < 1.29 is 8.78 Å². The number of fused-ring (bicyclic) bond motifs is 1. The molecule has 0 fully saturated rings.